The first-order valence-electron chi connectivity index (χ1n) is 6.37. The Morgan fingerprint density at radius 3 is 2.47 bits per heavy atom. The highest BCUT2D eigenvalue weighted by Gasteiger charge is 2.20. The number of urea groups is 1. The van der Waals surface area contributed by atoms with Gasteiger partial charge in [0.1, 0.15) is 5.69 Å². The van der Waals surface area contributed by atoms with Crippen molar-refractivity contribution in [3.63, 3.8) is 0 Å². The van der Waals surface area contributed by atoms with E-state index in [1.54, 1.807) is 24.9 Å². The van der Waals surface area contributed by atoms with Crippen LogP contribution in [-0.4, -0.2) is 40.1 Å². The zero-order chi connectivity index (χ0) is 14.6. The number of nitrogens with one attached hydrogen (secondary N) is 2. The third-order valence-electron chi connectivity index (χ3n) is 3.22. The van der Waals surface area contributed by atoms with E-state index < -0.39 is 5.97 Å². The Morgan fingerprint density at radius 1 is 1.42 bits per heavy atom. The van der Waals surface area contributed by atoms with Gasteiger partial charge in [0, 0.05) is 18.8 Å². The molecule has 0 fully saturated rings. The molecular weight excluding hydrogens is 246 g/mol. The van der Waals surface area contributed by atoms with Crippen molar-refractivity contribution in [2.45, 2.75) is 39.7 Å². The number of aromatic nitrogens is 1. The van der Waals surface area contributed by atoms with Crippen molar-refractivity contribution in [2.24, 2.45) is 0 Å². The number of carboxylic acids is 1. The molecule has 106 valence electrons. The minimum atomic E-state index is -1.09. The van der Waals surface area contributed by atoms with Crippen LogP contribution < -0.4 is 5.32 Å². The highest BCUT2D eigenvalue weighted by molar-refractivity contribution is 5.99. The van der Waals surface area contributed by atoms with Gasteiger partial charge in [-0.05, 0) is 25.8 Å². The van der Waals surface area contributed by atoms with Gasteiger partial charge in [0.15, 0.2) is 0 Å². The van der Waals surface area contributed by atoms with Gasteiger partial charge in [-0.3, -0.25) is 0 Å². The summed E-state index contributed by atoms with van der Waals surface area (Å²) in [5, 5.41) is 11.7. The molecule has 0 bridgehead atoms. The van der Waals surface area contributed by atoms with E-state index in [2.05, 4.69) is 10.3 Å². The molecule has 0 saturated carbocycles. The molecular formula is C13H21N3O3. The number of aromatic amines is 1. The molecule has 0 aromatic carbocycles. The molecule has 1 rings (SSSR count). The van der Waals surface area contributed by atoms with Crippen molar-refractivity contribution in [1.29, 1.82) is 0 Å². The average Bonchev–Trinajstić information content (AvgIpc) is 2.71. The Labute approximate surface area is 112 Å². The molecule has 0 aliphatic heterocycles. The molecule has 0 aliphatic rings. The Balaban J connectivity index is 2.85. The summed E-state index contributed by atoms with van der Waals surface area (Å²) in [5.41, 5.74) is 0.995. The van der Waals surface area contributed by atoms with Crippen LogP contribution in [0, 0.1) is 6.92 Å². The second-order valence-corrected chi connectivity index (χ2v) is 4.56. The maximum atomic E-state index is 12.1. The zero-order valence-corrected chi connectivity index (χ0v) is 11.8. The quantitative estimate of drug-likeness (QED) is 0.766. The molecule has 0 radical (unpaired) electrons. The molecule has 19 heavy (non-hydrogen) atoms. The summed E-state index contributed by atoms with van der Waals surface area (Å²) in [6, 6.07) is 1.46. The van der Waals surface area contributed by atoms with Crippen LogP contribution in [0.3, 0.4) is 0 Å². The number of anilines is 1. The third-order valence-corrected chi connectivity index (χ3v) is 3.22. The lowest BCUT2D eigenvalue weighted by molar-refractivity contribution is 0.0692. The SMILES string of the molecule is CCC(CC)N(C)C(=O)Nc1cc(C)[nH]c1C(=O)O. The van der Waals surface area contributed by atoms with E-state index in [0.29, 0.717) is 11.4 Å². The molecule has 6 nitrogen and oxygen atoms in total. The molecule has 0 spiro atoms. The van der Waals surface area contributed by atoms with Crippen molar-refractivity contribution in [2.75, 3.05) is 12.4 Å². The molecule has 0 saturated heterocycles. The van der Waals surface area contributed by atoms with Crippen LogP contribution in [0.2, 0.25) is 0 Å². The number of carboxylic acid groups (broad SMARTS) is 1. The monoisotopic (exact) mass is 267 g/mol. The van der Waals surface area contributed by atoms with Crippen LogP contribution in [0.15, 0.2) is 6.07 Å². The Kier molecular flexibility index (Phi) is 4.97. The Hall–Kier alpha value is -1.98. The number of amides is 2. The minimum absolute atomic E-state index is 0.00352. The largest absolute Gasteiger partial charge is 0.477 e. The van der Waals surface area contributed by atoms with Gasteiger partial charge in [-0.2, -0.15) is 0 Å². The van der Waals surface area contributed by atoms with E-state index >= 15 is 0 Å². The van der Waals surface area contributed by atoms with Crippen molar-refractivity contribution in [1.82, 2.24) is 9.88 Å². The summed E-state index contributed by atoms with van der Waals surface area (Å²) in [5.74, 6) is -1.09. The van der Waals surface area contributed by atoms with Gasteiger partial charge in [0.05, 0.1) is 5.69 Å². The van der Waals surface area contributed by atoms with Gasteiger partial charge < -0.3 is 20.3 Å². The fourth-order valence-corrected chi connectivity index (χ4v) is 2.06. The van der Waals surface area contributed by atoms with Crippen LogP contribution in [0.4, 0.5) is 10.5 Å². The normalized spacial score (nSPS) is 10.6. The van der Waals surface area contributed by atoms with E-state index in [9.17, 15) is 9.59 Å². The predicted molar refractivity (Wildman–Crippen MR) is 73.6 cm³/mol. The Bertz CT molecular complexity index is 464. The number of nitrogens with zero attached hydrogens (tertiary/aromatic N) is 1. The van der Waals surface area contributed by atoms with E-state index in [4.69, 9.17) is 5.11 Å². The number of carbonyl (C=O) groups excluding carboxylic acids is 1. The summed E-state index contributed by atoms with van der Waals surface area (Å²) in [7, 11) is 1.72. The van der Waals surface area contributed by atoms with Crippen LogP contribution in [0.1, 0.15) is 42.9 Å². The van der Waals surface area contributed by atoms with E-state index in [1.807, 2.05) is 13.8 Å². The summed E-state index contributed by atoms with van der Waals surface area (Å²) in [6.45, 7) is 5.77. The van der Waals surface area contributed by atoms with Gasteiger partial charge in [-0.1, -0.05) is 13.8 Å². The molecule has 1 aromatic rings. The number of rotatable bonds is 5. The van der Waals surface area contributed by atoms with E-state index in [-0.39, 0.29) is 17.8 Å². The zero-order valence-electron chi connectivity index (χ0n) is 11.8. The number of hydrogen-bond donors (Lipinski definition) is 3. The summed E-state index contributed by atoms with van der Waals surface area (Å²) >= 11 is 0. The molecule has 0 unspecified atom stereocenters. The molecule has 0 atom stereocenters. The lowest BCUT2D eigenvalue weighted by Crippen LogP contribution is -2.39. The number of H-pyrrole nitrogens is 1. The number of hydrogen-bond acceptors (Lipinski definition) is 2. The highest BCUT2D eigenvalue weighted by Crippen LogP contribution is 2.18. The van der Waals surface area contributed by atoms with Gasteiger partial charge >= 0.3 is 12.0 Å². The van der Waals surface area contributed by atoms with Crippen LogP contribution in [0.5, 0.6) is 0 Å². The molecule has 0 aliphatic carbocycles. The minimum Gasteiger partial charge on any atom is -0.477 e. The molecule has 1 heterocycles. The van der Waals surface area contributed by atoms with E-state index in [0.717, 1.165) is 12.8 Å². The average molecular weight is 267 g/mol. The van der Waals surface area contributed by atoms with Gasteiger partial charge in [0.25, 0.3) is 0 Å². The topological polar surface area (TPSA) is 85.4 Å². The van der Waals surface area contributed by atoms with Gasteiger partial charge in [-0.15, -0.1) is 0 Å². The Morgan fingerprint density at radius 2 is 2.00 bits per heavy atom. The lowest BCUT2D eigenvalue weighted by atomic mass is 10.1. The maximum absolute atomic E-state index is 12.1. The number of carbonyl (C=O) groups is 2. The summed E-state index contributed by atoms with van der Waals surface area (Å²) in [4.78, 5) is 27.4. The second kappa shape index (κ2) is 6.26. The lowest BCUT2D eigenvalue weighted by Gasteiger charge is -2.26. The number of aromatic carboxylic acids is 1. The van der Waals surface area contributed by atoms with Gasteiger partial charge in [-0.25, -0.2) is 9.59 Å². The van der Waals surface area contributed by atoms with Crippen molar-refractivity contribution in [3.05, 3.63) is 17.5 Å². The molecule has 6 heteroatoms. The van der Waals surface area contributed by atoms with Crippen molar-refractivity contribution >= 4 is 17.7 Å². The summed E-state index contributed by atoms with van der Waals surface area (Å²) in [6.07, 6.45) is 1.72. The first-order valence-corrected chi connectivity index (χ1v) is 6.37. The van der Waals surface area contributed by atoms with Crippen molar-refractivity contribution in [3.8, 4) is 0 Å². The third kappa shape index (κ3) is 3.49. The number of aryl methyl sites for hydroxylation is 1. The standard InChI is InChI=1S/C13H21N3O3/c1-5-9(6-2)16(4)13(19)15-10-7-8(3)14-11(10)12(17)18/h7,9,14H,5-6H2,1-4H3,(H,15,19)(H,17,18). The fourth-order valence-electron chi connectivity index (χ4n) is 2.06. The fraction of sp³-hybridized carbons (Fsp3) is 0.538. The smallest absolute Gasteiger partial charge is 0.354 e. The maximum Gasteiger partial charge on any atom is 0.354 e. The van der Waals surface area contributed by atoms with Crippen LogP contribution in [0.25, 0.3) is 0 Å². The van der Waals surface area contributed by atoms with Gasteiger partial charge in [0.2, 0.25) is 0 Å². The molecule has 2 amide bonds. The van der Waals surface area contributed by atoms with E-state index in [1.165, 1.54) is 0 Å². The predicted octanol–water partition coefficient (Wildman–Crippen LogP) is 2.67. The summed E-state index contributed by atoms with van der Waals surface area (Å²) < 4.78 is 0. The molecule has 3 N–H and O–H groups in total. The van der Waals surface area contributed by atoms with Crippen LogP contribution >= 0.6 is 0 Å². The van der Waals surface area contributed by atoms with Crippen LogP contribution in [-0.2, 0) is 0 Å². The molecule has 1 aromatic heterocycles. The first kappa shape index (κ1) is 15.1. The second-order valence-electron chi connectivity index (χ2n) is 4.56. The first-order chi connectivity index (χ1) is 8.90. The highest BCUT2D eigenvalue weighted by atomic mass is 16.4. The van der Waals surface area contributed by atoms with Crippen molar-refractivity contribution < 1.29 is 14.7 Å².